The van der Waals surface area contributed by atoms with Gasteiger partial charge in [-0.1, -0.05) is 6.07 Å². The lowest BCUT2D eigenvalue weighted by atomic mass is 10.1. The molecule has 3 aromatic rings. The fraction of sp³-hybridized carbons (Fsp3) is 0.0952. The van der Waals surface area contributed by atoms with Crippen LogP contribution in [0.25, 0.3) is 0 Å². The van der Waals surface area contributed by atoms with Crippen LogP contribution in [0.15, 0.2) is 60.7 Å². The van der Waals surface area contributed by atoms with Crippen LogP contribution in [0, 0.1) is 12.7 Å². The Hall–Kier alpha value is -3.75. The molecule has 5 nitrogen and oxygen atoms in total. The van der Waals surface area contributed by atoms with E-state index in [9.17, 15) is 27.2 Å². The average Bonchev–Trinajstić information content (AvgIpc) is 2.68. The molecule has 0 aliphatic heterocycles. The molecule has 2 amide bonds. The molecule has 1 aromatic heterocycles. The molecule has 1 heterocycles. The SMILES string of the molecule is Cc1cccc(C(=O)Nc2ccc(NC(=O)c3ccc(F)cc3)cc2C(F)(F)F)n1. The highest BCUT2D eigenvalue weighted by molar-refractivity contribution is 6.05. The zero-order valence-electron chi connectivity index (χ0n) is 15.5. The van der Waals surface area contributed by atoms with Gasteiger partial charge in [0.15, 0.2) is 0 Å². The highest BCUT2D eigenvalue weighted by Gasteiger charge is 2.34. The first-order valence-corrected chi connectivity index (χ1v) is 8.66. The molecule has 0 unspecified atom stereocenters. The first kappa shape index (κ1) is 21.0. The molecule has 9 heteroatoms. The normalized spacial score (nSPS) is 11.1. The molecule has 2 aromatic carbocycles. The second kappa shape index (κ2) is 8.32. The molecule has 30 heavy (non-hydrogen) atoms. The molecule has 0 aliphatic carbocycles. The first-order valence-electron chi connectivity index (χ1n) is 8.66. The fourth-order valence-corrected chi connectivity index (χ4v) is 2.63. The molecule has 3 rings (SSSR count). The maximum atomic E-state index is 13.5. The molecule has 0 radical (unpaired) electrons. The topological polar surface area (TPSA) is 71.1 Å². The van der Waals surface area contributed by atoms with E-state index in [4.69, 9.17) is 0 Å². The van der Waals surface area contributed by atoms with Gasteiger partial charge in [0.05, 0.1) is 11.3 Å². The molecule has 154 valence electrons. The van der Waals surface area contributed by atoms with Crippen molar-refractivity contribution in [2.75, 3.05) is 10.6 Å². The largest absolute Gasteiger partial charge is 0.418 e. The number of amides is 2. The minimum atomic E-state index is -4.79. The van der Waals surface area contributed by atoms with E-state index in [0.29, 0.717) is 11.8 Å². The van der Waals surface area contributed by atoms with Gasteiger partial charge in [0.1, 0.15) is 11.5 Å². The summed E-state index contributed by atoms with van der Waals surface area (Å²) in [5.41, 5.74) is -1.17. The van der Waals surface area contributed by atoms with Crippen molar-refractivity contribution in [2.45, 2.75) is 13.1 Å². The molecular formula is C21H15F4N3O2. The summed E-state index contributed by atoms with van der Waals surface area (Å²) in [5.74, 6) is -2.05. The van der Waals surface area contributed by atoms with Crippen LogP contribution >= 0.6 is 0 Å². The van der Waals surface area contributed by atoms with E-state index >= 15 is 0 Å². The van der Waals surface area contributed by atoms with Gasteiger partial charge in [0.25, 0.3) is 11.8 Å². The Bertz CT molecular complexity index is 1100. The zero-order valence-corrected chi connectivity index (χ0v) is 15.5. The van der Waals surface area contributed by atoms with Crippen molar-refractivity contribution >= 4 is 23.2 Å². The number of rotatable bonds is 4. The van der Waals surface area contributed by atoms with Gasteiger partial charge in [-0.2, -0.15) is 13.2 Å². The Balaban J connectivity index is 1.86. The average molecular weight is 417 g/mol. The lowest BCUT2D eigenvalue weighted by molar-refractivity contribution is -0.136. The Morgan fingerprint density at radius 1 is 0.900 bits per heavy atom. The number of halogens is 4. The number of benzene rings is 2. The van der Waals surface area contributed by atoms with Crippen LogP contribution < -0.4 is 10.6 Å². The molecule has 0 saturated carbocycles. The molecule has 0 saturated heterocycles. The minimum absolute atomic E-state index is 0.0307. The van der Waals surface area contributed by atoms with Crippen LogP contribution in [-0.4, -0.2) is 16.8 Å². The van der Waals surface area contributed by atoms with Gasteiger partial charge in [0.2, 0.25) is 0 Å². The van der Waals surface area contributed by atoms with Gasteiger partial charge in [-0.3, -0.25) is 9.59 Å². The number of aryl methyl sites for hydroxylation is 1. The maximum absolute atomic E-state index is 13.5. The van der Waals surface area contributed by atoms with Gasteiger partial charge in [-0.25, -0.2) is 9.37 Å². The van der Waals surface area contributed by atoms with Crippen molar-refractivity contribution in [2.24, 2.45) is 0 Å². The maximum Gasteiger partial charge on any atom is 0.418 e. The standard InChI is InChI=1S/C21H15F4N3O2/c1-12-3-2-4-18(26-12)20(30)28-17-10-9-15(11-16(17)21(23,24)25)27-19(29)13-5-7-14(22)8-6-13/h2-11H,1H3,(H,27,29)(H,28,30). The van der Waals surface area contributed by atoms with E-state index in [2.05, 4.69) is 15.6 Å². The summed E-state index contributed by atoms with van der Waals surface area (Å²) in [4.78, 5) is 28.4. The number of aromatic nitrogens is 1. The molecule has 0 bridgehead atoms. The summed E-state index contributed by atoms with van der Waals surface area (Å²) < 4.78 is 53.5. The van der Waals surface area contributed by atoms with Gasteiger partial charge in [0, 0.05) is 16.9 Å². The summed E-state index contributed by atoms with van der Waals surface area (Å²) in [6.07, 6.45) is -4.79. The van der Waals surface area contributed by atoms with E-state index < -0.39 is 35.1 Å². The lowest BCUT2D eigenvalue weighted by Gasteiger charge is -2.16. The van der Waals surface area contributed by atoms with Crippen molar-refractivity contribution in [3.8, 4) is 0 Å². The van der Waals surface area contributed by atoms with Crippen LogP contribution in [0.5, 0.6) is 0 Å². The van der Waals surface area contributed by atoms with Crippen molar-refractivity contribution in [1.29, 1.82) is 0 Å². The predicted octanol–water partition coefficient (Wildman–Crippen LogP) is 5.05. The predicted molar refractivity (Wildman–Crippen MR) is 103 cm³/mol. The van der Waals surface area contributed by atoms with Crippen molar-refractivity contribution in [3.05, 3.63) is 89.0 Å². The smallest absolute Gasteiger partial charge is 0.322 e. The molecule has 0 fully saturated rings. The Labute approximate surface area is 168 Å². The van der Waals surface area contributed by atoms with Gasteiger partial charge >= 0.3 is 6.18 Å². The van der Waals surface area contributed by atoms with Crippen LogP contribution in [0.1, 0.15) is 32.1 Å². The van der Waals surface area contributed by atoms with Gasteiger partial charge < -0.3 is 10.6 Å². The van der Waals surface area contributed by atoms with E-state index in [1.165, 1.54) is 24.3 Å². The van der Waals surface area contributed by atoms with Gasteiger partial charge in [-0.05, 0) is 61.5 Å². The summed E-state index contributed by atoms with van der Waals surface area (Å²) in [7, 11) is 0. The minimum Gasteiger partial charge on any atom is -0.322 e. The lowest BCUT2D eigenvalue weighted by Crippen LogP contribution is -2.19. The number of anilines is 2. The highest BCUT2D eigenvalue weighted by Crippen LogP contribution is 2.37. The molecule has 0 atom stereocenters. The van der Waals surface area contributed by atoms with Crippen LogP contribution in [-0.2, 0) is 6.18 Å². The van der Waals surface area contributed by atoms with Crippen LogP contribution in [0.2, 0.25) is 0 Å². The third-order valence-electron chi connectivity index (χ3n) is 4.06. The Kier molecular flexibility index (Phi) is 5.81. The van der Waals surface area contributed by atoms with E-state index in [0.717, 1.165) is 18.2 Å². The van der Waals surface area contributed by atoms with E-state index in [1.807, 2.05) is 0 Å². The Morgan fingerprint density at radius 3 is 2.23 bits per heavy atom. The monoisotopic (exact) mass is 417 g/mol. The number of hydrogen-bond donors (Lipinski definition) is 2. The molecule has 2 N–H and O–H groups in total. The first-order chi connectivity index (χ1) is 14.1. The van der Waals surface area contributed by atoms with Crippen LogP contribution in [0.4, 0.5) is 28.9 Å². The number of nitrogens with one attached hydrogen (secondary N) is 2. The number of alkyl halides is 3. The summed E-state index contributed by atoms with van der Waals surface area (Å²) in [6.45, 7) is 1.65. The van der Waals surface area contributed by atoms with Crippen molar-refractivity contribution < 1.29 is 27.2 Å². The third-order valence-corrected chi connectivity index (χ3v) is 4.06. The molecule has 0 spiro atoms. The number of carbonyl (C=O) groups is 2. The zero-order chi connectivity index (χ0) is 21.9. The second-order valence-electron chi connectivity index (χ2n) is 6.34. The molecule has 0 aliphatic rings. The number of hydrogen-bond acceptors (Lipinski definition) is 3. The fourth-order valence-electron chi connectivity index (χ4n) is 2.63. The highest BCUT2D eigenvalue weighted by atomic mass is 19.4. The quantitative estimate of drug-likeness (QED) is 0.584. The number of pyridine rings is 1. The van der Waals surface area contributed by atoms with E-state index in [1.54, 1.807) is 19.1 Å². The van der Waals surface area contributed by atoms with Gasteiger partial charge in [-0.15, -0.1) is 0 Å². The number of nitrogens with zero attached hydrogens (tertiary/aromatic N) is 1. The summed E-state index contributed by atoms with van der Waals surface area (Å²) in [6, 6.07) is 12.1. The van der Waals surface area contributed by atoms with E-state index in [-0.39, 0.29) is 16.9 Å². The van der Waals surface area contributed by atoms with Crippen LogP contribution in [0.3, 0.4) is 0 Å². The van der Waals surface area contributed by atoms with Crippen molar-refractivity contribution in [1.82, 2.24) is 4.98 Å². The molecular weight excluding hydrogens is 402 g/mol. The number of carbonyl (C=O) groups excluding carboxylic acids is 2. The summed E-state index contributed by atoms with van der Waals surface area (Å²) in [5, 5.41) is 4.53. The van der Waals surface area contributed by atoms with Crippen molar-refractivity contribution in [3.63, 3.8) is 0 Å². The summed E-state index contributed by atoms with van der Waals surface area (Å²) >= 11 is 0. The second-order valence-corrected chi connectivity index (χ2v) is 6.34. The third kappa shape index (κ3) is 4.99. The Morgan fingerprint density at radius 2 is 1.60 bits per heavy atom.